The van der Waals surface area contributed by atoms with Crippen LogP contribution in [0.5, 0.6) is 0 Å². The van der Waals surface area contributed by atoms with Gasteiger partial charge in [-0.3, -0.25) is 4.99 Å². The molecule has 21 heavy (non-hydrogen) atoms. The van der Waals surface area contributed by atoms with Gasteiger partial charge < -0.3 is 10.0 Å². The molecule has 1 heterocycles. The molecule has 0 saturated carbocycles. The highest BCUT2D eigenvalue weighted by Gasteiger charge is 2.22. The van der Waals surface area contributed by atoms with Crippen LogP contribution in [0, 0.1) is 0 Å². The molecular weight excluding hydrogens is 284 g/mol. The lowest BCUT2D eigenvalue weighted by Crippen LogP contribution is -2.16. The van der Waals surface area contributed by atoms with Crippen molar-refractivity contribution in [2.75, 3.05) is 24.7 Å². The summed E-state index contributed by atoms with van der Waals surface area (Å²) >= 11 is 1.47. The van der Waals surface area contributed by atoms with E-state index in [0.29, 0.717) is 5.75 Å². The van der Waals surface area contributed by atoms with E-state index in [1.807, 2.05) is 38.4 Å². The lowest BCUT2D eigenvalue weighted by Gasteiger charge is -2.11. The van der Waals surface area contributed by atoms with Crippen molar-refractivity contribution in [3.63, 3.8) is 0 Å². The van der Waals surface area contributed by atoms with E-state index >= 15 is 0 Å². The number of hydrogen-bond acceptors (Lipinski definition) is 4. The first kappa shape index (κ1) is 15.4. The molecule has 1 N–H and O–H groups in total. The zero-order valence-corrected chi connectivity index (χ0v) is 12.9. The van der Waals surface area contributed by atoms with Crippen LogP contribution in [0.15, 0.2) is 47.5 Å². The van der Waals surface area contributed by atoms with Crippen molar-refractivity contribution in [1.29, 1.82) is 0 Å². The van der Waals surface area contributed by atoms with Crippen LogP contribution in [0.4, 0.5) is 5.69 Å². The second kappa shape index (κ2) is 7.13. The van der Waals surface area contributed by atoms with Gasteiger partial charge in [-0.2, -0.15) is 0 Å². The van der Waals surface area contributed by atoms with Gasteiger partial charge in [0.15, 0.2) is 6.04 Å². The van der Waals surface area contributed by atoms with Crippen LogP contribution in [-0.2, 0) is 4.79 Å². The van der Waals surface area contributed by atoms with E-state index in [4.69, 9.17) is 5.11 Å². The molecular formula is C16H18N2O2S. The Balaban J connectivity index is 1.92. The Hall–Kier alpha value is -2.01. The van der Waals surface area contributed by atoms with E-state index in [0.717, 1.165) is 10.6 Å². The summed E-state index contributed by atoms with van der Waals surface area (Å²) in [5.74, 6) is -0.340. The number of anilines is 1. The fourth-order valence-electron chi connectivity index (χ4n) is 1.80. The summed E-state index contributed by atoms with van der Waals surface area (Å²) in [6, 6.07) is 7.65. The molecule has 0 fully saturated rings. The van der Waals surface area contributed by atoms with E-state index in [-0.39, 0.29) is 0 Å². The van der Waals surface area contributed by atoms with E-state index in [9.17, 15) is 4.79 Å². The predicted octanol–water partition coefficient (Wildman–Crippen LogP) is 2.92. The van der Waals surface area contributed by atoms with Crippen molar-refractivity contribution in [1.82, 2.24) is 0 Å². The monoisotopic (exact) mass is 302 g/mol. The van der Waals surface area contributed by atoms with E-state index in [1.165, 1.54) is 17.4 Å². The van der Waals surface area contributed by atoms with Crippen LogP contribution in [0.25, 0.3) is 6.08 Å². The van der Waals surface area contributed by atoms with Crippen molar-refractivity contribution in [3.05, 3.63) is 48.1 Å². The Bertz CT molecular complexity index is 589. The Kier molecular flexibility index (Phi) is 5.22. The summed E-state index contributed by atoms with van der Waals surface area (Å²) in [6.45, 7) is 0. The average molecular weight is 302 g/mol. The van der Waals surface area contributed by atoms with Crippen LogP contribution in [-0.4, -0.2) is 42.0 Å². The van der Waals surface area contributed by atoms with Crippen molar-refractivity contribution in [2.24, 2.45) is 4.99 Å². The largest absolute Gasteiger partial charge is 0.480 e. The van der Waals surface area contributed by atoms with Gasteiger partial charge in [-0.15, -0.1) is 11.8 Å². The molecule has 5 heteroatoms. The summed E-state index contributed by atoms with van der Waals surface area (Å²) in [5, 5.41) is 9.62. The first-order chi connectivity index (χ1) is 10.1. The molecule has 1 atom stereocenters. The summed E-state index contributed by atoms with van der Waals surface area (Å²) in [7, 11) is 4.02. The minimum Gasteiger partial charge on any atom is -0.480 e. The molecule has 0 aromatic heterocycles. The summed E-state index contributed by atoms with van der Waals surface area (Å²) in [4.78, 5) is 16.9. The number of hydrogen-bond donors (Lipinski definition) is 1. The Morgan fingerprint density at radius 2 is 1.95 bits per heavy atom. The fourth-order valence-corrected chi connectivity index (χ4v) is 2.72. The second-order valence-electron chi connectivity index (χ2n) is 4.84. The number of aliphatic imine (C=N–C) groups is 1. The molecule has 1 aromatic rings. The third kappa shape index (κ3) is 4.49. The lowest BCUT2D eigenvalue weighted by atomic mass is 10.2. The highest BCUT2D eigenvalue weighted by Crippen LogP contribution is 2.19. The third-order valence-corrected chi connectivity index (χ3v) is 4.02. The van der Waals surface area contributed by atoms with Crippen LogP contribution in [0.2, 0.25) is 0 Å². The summed E-state index contributed by atoms with van der Waals surface area (Å²) in [5.41, 5.74) is 2.29. The standard InChI is InChI=1S/C16H18N2O2S/c1-18(2)13-9-7-12(8-10-13)5-3-4-6-15-17-14(11-21-15)16(19)20/h3-10,14H,11H2,1-2H3,(H,19,20)/b5-3+,6-4+/t14-/m1/s1. The van der Waals surface area contributed by atoms with Gasteiger partial charge in [0.2, 0.25) is 0 Å². The number of carbonyl (C=O) groups is 1. The van der Waals surface area contributed by atoms with Gasteiger partial charge in [-0.1, -0.05) is 30.4 Å². The quantitative estimate of drug-likeness (QED) is 0.850. The summed E-state index contributed by atoms with van der Waals surface area (Å²) in [6.07, 6.45) is 7.67. The minimum atomic E-state index is -0.859. The Morgan fingerprint density at radius 1 is 1.29 bits per heavy atom. The Labute approximate surface area is 128 Å². The average Bonchev–Trinajstić information content (AvgIpc) is 2.93. The minimum absolute atomic E-state index is 0.519. The SMILES string of the molecule is CN(C)c1ccc(/C=C/C=C/C2=N[C@@H](C(=O)O)CS2)cc1. The topological polar surface area (TPSA) is 52.9 Å². The number of thioether (sulfide) groups is 1. The fraction of sp³-hybridized carbons (Fsp3) is 0.250. The number of benzene rings is 1. The van der Waals surface area contributed by atoms with Gasteiger partial charge in [0.05, 0.1) is 5.04 Å². The maximum Gasteiger partial charge on any atom is 0.329 e. The number of allylic oxidation sites excluding steroid dienone is 2. The van der Waals surface area contributed by atoms with Crippen LogP contribution >= 0.6 is 11.8 Å². The highest BCUT2D eigenvalue weighted by atomic mass is 32.2. The molecule has 0 radical (unpaired) electrons. The number of rotatable bonds is 5. The molecule has 0 saturated heterocycles. The molecule has 1 aromatic carbocycles. The molecule has 2 rings (SSSR count). The van der Waals surface area contributed by atoms with Crippen molar-refractivity contribution in [2.45, 2.75) is 6.04 Å². The van der Waals surface area contributed by atoms with E-state index in [1.54, 1.807) is 0 Å². The summed E-state index contributed by atoms with van der Waals surface area (Å²) < 4.78 is 0. The highest BCUT2D eigenvalue weighted by molar-refractivity contribution is 8.14. The molecule has 1 aliphatic rings. The van der Waals surface area contributed by atoms with Crippen molar-refractivity contribution < 1.29 is 9.90 Å². The van der Waals surface area contributed by atoms with Gasteiger partial charge in [0.1, 0.15) is 0 Å². The zero-order valence-electron chi connectivity index (χ0n) is 12.1. The Morgan fingerprint density at radius 3 is 2.52 bits per heavy atom. The lowest BCUT2D eigenvalue weighted by molar-refractivity contribution is -0.137. The molecule has 0 bridgehead atoms. The van der Waals surface area contributed by atoms with Gasteiger partial charge in [0.25, 0.3) is 0 Å². The normalized spacial score (nSPS) is 18.4. The molecule has 1 aliphatic heterocycles. The van der Waals surface area contributed by atoms with Crippen molar-refractivity contribution >= 4 is 34.5 Å². The number of nitrogens with zero attached hydrogens (tertiary/aromatic N) is 2. The number of aliphatic carboxylic acids is 1. The van der Waals surface area contributed by atoms with Crippen molar-refractivity contribution in [3.8, 4) is 0 Å². The third-order valence-electron chi connectivity index (χ3n) is 3.01. The molecule has 0 aliphatic carbocycles. The smallest absolute Gasteiger partial charge is 0.329 e. The van der Waals surface area contributed by atoms with Gasteiger partial charge >= 0.3 is 5.97 Å². The van der Waals surface area contributed by atoms with Gasteiger partial charge in [-0.25, -0.2) is 4.79 Å². The number of carboxylic acid groups (broad SMARTS) is 1. The zero-order chi connectivity index (χ0) is 15.2. The molecule has 110 valence electrons. The van der Waals surface area contributed by atoms with Gasteiger partial charge in [0, 0.05) is 25.5 Å². The van der Waals surface area contributed by atoms with E-state index in [2.05, 4.69) is 34.2 Å². The van der Waals surface area contributed by atoms with Crippen LogP contribution in [0.1, 0.15) is 5.56 Å². The molecule has 4 nitrogen and oxygen atoms in total. The second-order valence-corrected chi connectivity index (χ2v) is 5.88. The maximum atomic E-state index is 10.8. The van der Waals surface area contributed by atoms with Crippen LogP contribution in [0.3, 0.4) is 0 Å². The maximum absolute atomic E-state index is 10.8. The first-order valence-corrected chi connectivity index (χ1v) is 7.60. The molecule has 0 amide bonds. The van der Waals surface area contributed by atoms with Gasteiger partial charge in [-0.05, 0) is 23.8 Å². The van der Waals surface area contributed by atoms with Crippen LogP contribution < -0.4 is 4.90 Å². The first-order valence-electron chi connectivity index (χ1n) is 6.62. The molecule has 0 spiro atoms. The van der Waals surface area contributed by atoms with E-state index < -0.39 is 12.0 Å². The molecule has 0 unspecified atom stereocenters. The number of carboxylic acids is 1. The predicted molar refractivity (Wildman–Crippen MR) is 90.3 cm³/mol.